The average molecular weight is 441 g/mol. The number of hydrogen-bond donors (Lipinski definition) is 3. The van der Waals surface area contributed by atoms with E-state index in [2.05, 4.69) is 5.32 Å². The summed E-state index contributed by atoms with van der Waals surface area (Å²) in [5.74, 6) is -0.770. The first-order chi connectivity index (χ1) is 15.1. The molecule has 1 aliphatic heterocycles. The van der Waals surface area contributed by atoms with Crippen molar-refractivity contribution in [2.75, 3.05) is 0 Å². The zero-order valence-electron chi connectivity index (χ0n) is 19.3. The van der Waals surface area contributed by atoms with Gasteiger partial charge in [0.05, 0.1) is 11.7 Å². The monoisotopic (exact) mass is 440 g/mol. The Hall–Kier alpha value is -3.06. The van der Waals surface area contributed by atoms with E-state index < -0.39 is 6.04 Å². The molecule has 0 unspecified atom stereocenters. The Morgan fingerprint density at radius 3 is 2.34 bits per heavy atom. The topological polar surface area (TPSA) is 99.1 Å². The van der Waals surface area contributed by atoms with Crippen LogP contribution in [0.15, 0.2) is 30.3 Å². The first-order valence-corrected chi connectivity index (χ1v) is 11.0. The fraction of sp³-hybridized carbons (Fsp3) is 0.440. The number of phenols is 2. The van der Waals surface area contributed by atoms with E-state index >= 15 is 0 Å². The molecule has 0 bridgehead atoms. The van der Waals surface area contributed by atoms with Crippen molar-refractivity contribution in [2.45, 2.75) is 72.3 Å². The molecular formula is C25H32N2O5. The van der Waals surface area contributed by atoms with Gasteiger partial charge >= 0.3 is 5.97 Å². The van der Waals surface area contributed by atoms with Crippen molar-refractivity contribution in [1.82, 2.24) is 10.2 Å². The molecule has 7 nitrogen and oxygen atoms in total. The largest absolute Gasteiger partial charge is 0.508 e. The standard InChI is InChI=1S/C25H32N2O5/c1-14(2)20-9-21(23(29)10-22(20)28)24(30)27-12-18-7-6-17(8-19(18)13-27)11-26-16(5)25(31)32-15(3)4/h6-10,14-16,26,28-29H,11-13H2,1-5H3/t16-/m0/s1. The smallest absolute Gasteiger partial charge is 0.323 e. The lowest BCUT2D eigenvalue weighted by Crippen LogP contribution is -2.36. The second-order valence-corrected chi connectivity index (χ2v) is 8.94. The third-order valence-electron chi connectivity index (χ3n) is 5.60. The van der Waals surface area contributed by atoms with E-state index in [1.54, 1.807) is 17.9 Å². The minimum Gasteiger partial charge on any atom is -0.508 e. The molecule has 172 valence electrons. The predicted octanol–water partition coefficient (Wildman–Crippen LogP) is 3.81. The van der Waals surface area contributed by atoms with Crippen LogP contribution >= 0.6 is 0 Å². The fourth-order valence-electron chi connectivity index (χ4n) is 3.79. The van der Waals surface area contributed by atoms with Crippen molar-refractivity contribution in [3.05, 3.63) is 58.1 Å². The Balaban J connectivity index is 1.68. The number of rotatable bonds is 7. The Labute approximate surface area is 189 Å². The molecule has 0 spiro atoms. The van der Waals surface area contributed by atoms with Gasteiger partial charge in [-0.2, -0.15) is 0 Å². The van der Waals surface area contributed by atoms with Crippen LogP contribution in [0.3, 0.4) is 0 Å². The van der Waals surface area contributed by atoms with Gasteiger partial charge in [-0.3, -0.25) is 9.59 Å². The Bertz CT molecular complexity index is 1020. The van der Waals surface area contributed by atoms with Crippen LogP contribution in [0.2, 0.25) is 0 Å². The van der Waals surface area contributed by atoms with E-state index in [-0.39, 0.29) is 41.0 Å². The molecule has 1 atom stereocenters. The summed E-state index contributed by atoms with van der Waals surface area (Å²) in [4.78, 5) is 26.8. The van der Waals surface area contributed by atoms with E-state index in [4.69, 9.17) is 4.74 Å². The number of carbonyl (C=O) groups excluding carboxylic acids is 2. The summed E-state index contributed by atoms with van der Waals surface area (Å²) < 4.78 is 5.22. The lowest BCUT2D eigenvalue weighted by Gasteiger charge is -2.18. The molecule has 1 aliphatic rings. The fourth-order valence-corrected chi connectivity index (χ4v) is 3.79. The molecular weight excluding hydrogens is 408 g/mol. The van der Waals surface area contributed by atoms with Gasteiger partial charge in [-0.15, -0.1) is 0 Å². The van der Waals surface area contributed by atoms with Gasteiger partial charge in [0.15, 0.2) is 0 Å². The number of fused-ring (bicyclic) bond motifs is 1. The summed E-state index contributed by atoms with van der Waals surface area (Å²) >= 11 is 0. The molecule has 0 fully saturated rings. The van der Waals surface area contributed by atoms with Gasteiger partial charge < -0.3 is 25.2 Å². The summed E-state index contributed by atoms with van der Waals surface area (Å²) in [6.07, 6.45) is -0.153. The summed E-state index contributed by atoms with van der Waals surface area (Å²) in [6.45, 7) is 10.6. The second-order valence-electron chi connectivity index (χ2n) is 8.94. The first kappa shape index (κ1) is 23.6. The van der Waals surface area contributed by atoms with E-state index in [1.807, 2.05) is 45.9 Å². The van der Waals surface area contributed by atoms with Crippen LogP contribution < -0.4 is 5.32 Å². The maximum Gasteiger partial charge on any atom is 0.323 e. The normalized spacial score (nSPS) is 14.0. The number of aromatic hydroxyl groups is 2. The van der Waals surface area contributed by atoms with Crippen molar-refractivity contribution in [3.63, 3.8) is 0 Å². The summed E-state index contributed by atoms with van der Waals surface area (Å²) in [6, 6.07) is 8.40. The van der Waals surface area contributed by atoms with Gasteiger partial charge in [0.1, 0.15) is 17.5 Å². The van der Waals surface area contributed by atoms with E-state index in [9.17, 15) is 19.8 Å². The van der Waals surface area contributed by atoms with Crippen molar-refractivity contribution in [3.8, 4) is 11.5 Å². The van der Waals surface area contributed by atoms with E-state index in [1.165, 1.54) is 6.07 Å². The molecule has 0 aliphatic carbocycles. The number of carbonyl (C=O) groups is 2. The number of nitrogens with zero attached hydrogens (tertiary/aromatic N) is 1. The zero-order chi connectivity index (χ0) is 23.6. The van der Waals surface area contributed by atoms with Crippen LogP contribution in [-0.2, 0) is 29.2 Å². The number of phenolic OH excluding ortho intramolecular Hbond substituents is 2. The molecule has 0 saturated carbocycles. The number of ether oxygens (including phenoxy) is 1. The van der Waals surface area contributed by atoms with Crippen molar-refractivity contribution in [2.24, 2.45) is 0 Å². The molecule has 2 aromatic carbocycles. The second kappa shape index (κ2) is 9.61. The van der Waals surface area contributed by atoms with Crippen LogP contribution in [0, 0.1) is 0 Å². The third kappa shape index (κ3) is 5.22. The third-order valence-corrected chi connectivity index (χ3v) is 5.60. The van der Waals surface area contributed by atoms with Crippen LogP contribution in [0.1, 0.15) is 73.1 Å². The molecule has 3 rings (SSSR count). The highest BCUT2D eigenvalue weighted by Crippen LogP contribution is 2.34. The van der Waals surface area contributed by atoms with Crippen LogP contribution in [0.4, 0.5) is 0 Å². The lowest BCUT2D eigenvalue weighted by molar-refractivity contribution is -0.149. The number of benzene rings is 2. The van der Waals surface area contributed by atoms with Gasteiger partial charge in [-0.05, 0) is 55.0 Å². The highest BCUT2D eigenvalue weighted by atomic mass is 16.5. The highest BCUT2D eigenvalue weighted by Gasteiger charge is 2.27. The maximum absolute atomic E-state index is 13.1. The van der Waals surface area contributed by atoms with Crippen molar-refractivity contribution >= 4 is 11.9 Å². The van der Waals surface area contributed by atoms with Gasteiger partial charge in [-0.1, -0.05) is 32.0 Å². The average Bonchev–Trinajstić information content (AvgIpc) is 3.14. The molecule has 1 amide bonds. The number of esters is 1. The predicted molar refractivity (Wildman–Crippen MR) is 121 cm³/mol. The summed E-state index contributed by atoms with van der Waals surface area (Å²) in [5, 5.41) is 23.5. The first-order valence-electron chi connectivity index (χ1n) is 11.0. The maximum atomic E-state index is 13.1. The number of hydrogen-bond acceptors (Lipinski definition) is 6. The minimum absolute atomic E-state index is 0.0117. The molecule has 1 heterocycles. The van der Waals surface area contributed by atoms with Crippen molar-refractivity contribution < 1.29 is 24.5 Å². The molecule has 0 saturated heterocycles. The molecule has 0 aromatic heterocycles. The van der Waals surface area contributed by atoms with Gasteiger partial charge in [0, 0.05) is 25.7 Å². The van der Waals surface area contributed by atoms with Gasteiger partial charge in [0.25, 0.3) is 5.91 Å². The van der Waals surface area contributed by atoms with Crippen molar-refractivity contribution in [1.29, 1.82) is 0 Å². The lowest BCUT2D eigenvalue weighted by atomic mass is 9.98. The van der Waals surface area contributed by atoms with E-state index in [0.29, 0.717) is 25.2 Å². The van der Waals surface area contributed by atoms with Crippen LogP contribution in [0.25, 0.3) is 0 Å². The molecule has 32 heavy (non-hydrogen) atoms. The Kier molecular flexibility index (Phi) is 7.09. The molecule has 0 radical (unpaired) electrons. The SMILES string of the molecule is CC(C)OC(=O)[C@H](C)NCc1ccc2c(c1)CN(C(=O)c1cc(C(C)C)c(O)cc1O)C2. The Morgan fingerprint density at radius 2 is 1.69 bits per heavy atom. The molecule has 7 heteroatoms. The quantitative estimate of drug-likeness (QED) is 0.567. The minimum atomic E-state index is -0.420. The highest BCUT2D eigenvalue weighted by molar-refractivity contribution is 5.97. The van der Waals surface area contributed by atoms with Gasteiger partial charge in [0.2, 0.25) is 0 Å². The number of nitrogens with one attached hydrogen (secondary N) is 1. The molecule has 3 N–H and O–H groups in total. The summed E-state index contributed by atoms with van der Waals surface area (Å²) in [7, 11) is 0. The zero-order valence-corrected chi connectivity index (χ0v) is 19.3. The summed E-state index contributed by atoms with van der Waals surface area (Å²) in [5.41, 5.74) is 3.92. The van der Waals surface area contributed by atoms with Crippen LogP contribution in [0.5, 0.6) is 11.5 Å². The Morgan fingerprint density at radius 1 is 1.00 bits per heavy atom. The van der Waals surface area contributed by atoms with Gasteiger partial charge in [-0.25, -0.2) is 0 Å². The number of amides is 1. The van der Waals surface area contributed by atoms with E-state index in [0.717, 1.165) is 16.7 Å². The van der Waals surface area contributed by atoms with Crippen LogP contribution in [-0.4, -0.2) is 39.1 Å². The molecule has 2 aromatic rings.